The number of hydrogen-bond acceptors (Lipinski definition) is 2. The molecular formula is C10H9Cl2NO2. The van der Waals surface area contributed by atoms with Crippen LogP contribution in [0.5, 0.6) is 5.75 Å². The van der Waals surface area contributed by atoms with E-state index in [1.165, 1.54) is 0 Å². The molecule has 0 fully saturated rings. The highest BCUT2D eigenvalue weighted by Gasteiger charge is 2.21. The Morgan fingerprint density at radius 1 is 1.47 bits per heavy atom. The van der Waals surface area contributed by atoms with E-state index in [9.17, 15) is 4.79 Å². The fraction of sp³-hybridized carbons (Fsp3) is 0.300. The van der Waals surface area contributed by atoms with Crippen LogP contribution in [0, 0.1) is 0 Å². The number of halogens is 2. The minimum atomic E-state index is -0.180. The van der Waals surface area contributed by atoms with E-state index in [2.05, 4.69) is 5.32 Å². The SMILES string of the molecule is CC1CC(=O)Nc2c(Cl)cc(Cl)cc2O1. The molecule has 3 nitrogen and oxygen atoms in total. The molecule has 1 amide bonds. The molecule has 2 rings (SSSR count). The van der Waals surface area contributed by atoms with Crippen LogP contribution in [-0.2, 0) is 4.79 Å². The highest BCUT2D eigenvalue weighted by molar-refractivity contribution is 6.37. The first-order chi connectivity index (χ1) is 7.06. The molecule has 1 aliphatic heterocycles. The molecule has 15 heavy (non-hydrogen) atoms. The molecule has 1 aliphatic rings. The van der Waals surface area contributed by atoms with Gasteiger partial charge in [0.1, 0.15) is 17.5 Å². The summed E-state index contributed by atoms with van der Waals surface area (Å²) in [6, 6.07) is 3.21. The minimum absolute atomic E-state index is 0.106. The smallest absolute Gasteiger partial charge is 0.228 e. The van der Waals surface area contributed by atoms with E-state index < -0.39 is 0 Å². The lowest BCUT2D eigenvalue weighted by molar-refractivity contribution is -0.117. The second-order valence-corrected chi connectivity index (χ2v) is 4.29. The van der Waals surface area contributed by atoms with Crippen molar-refractivity contribution in [1.82, 2.24) is 0 Å². The maximum absolute atomic E-state index is 11.4. The second-order valence-electron chi connectivity index (χ2n) is 3.44. The average molecular weight is 246 g/mol. The summed E-state index contributed by atoms with van der Waals surface area (Å²) >= 11 is 11.8. The highest BCUT2D eigenvalue weighted by atomic mass is 35.5. The van der Waals surface area contributed by atoms with E-state index in [4.69, 9.17) is 27.9 Å². The van der Waals surface area contributed by atoms with Gasteiger partial charge in [0.15, 0.2) is 0 Å². The zero-order valence-electron chi connectivity index (χ0n) is 8.01. The van der Waals surface area contributed by atoms with Gasteiger partial charge in [-0.3, -0.25) is 4.79 Å². The molecule has 0 saturated heterocycles. The number of ether oxygens (including phenoxy) is 1. The van der Waals surface area contributed by atoms with Crippen molar-refractivity contribution in [2.75, 3.05) is 5.32 Å². The summed E-state index contributed by atoms with van der Waals surface area (Å²) in [5, 5.41) is 3.57. The van der Waals surface area contributed by atoms with E-state index in [-0.39, 0.29) is 12.0 Å². The number of amides is 1. The monoisotopic (exact) mass is 245 g/mol. The lowest BCUT2D eigenvalue weighted by atomic mass is 10.3. The number of fused-ring (bicyclic) bond motifs is 1. The van der Waals surface area contributed by atoms with Crippen LogP contribution in [0.25, 0.3) is 0 Å². The van der Waals surface area contributed by atoms with E-state index in [0.717, 1.165) is 0 Å². The molecule has 1 unspecified atom stereocenters. The predicted molar refractivity (Wildman–Crippen MR) is 59.8 cm³/mol. The third kappa shape index (κ3) is 2.19. The number of benzene rings is 1. The fourth-order valence-corrected chi connectivity index (χ4v) is 2.00. The Bertz CT molecular complexity index is 420. The fourth-order valence-electron chi connectivity index (χ4n) is 1.47. The summed E-state index contributed by atoms with van der Waals surface area (Å²) in [5.41, 5.74) is 0.496. The molecule has 0 aromatic heterocycles. The van der Waals surface area contributed by atoms with Crippen molar-refractivity contribution in [3.8, 4) is 5.75 Å². The van der Waals surface area contributed by atoms with E-state index in [1.54, 1.807) is 12.1 Å². The molecule has 0 radical (unpaired) electrons. The van der Waals surface area contributed by atoms with Gasteiger partial charge < -0.3 is 10.1 Å². The van der Waals surface area contributed by atoms with E-state index >= 15 is 0 Å². The van der Waals surface area contributed by atoms with Crippen molar-refractivity contribution in [2.24, 2.45) is 0 Å². The summed E-state index contributed by atoms with van der Waals surface area (Å²) in [7, 11) is 0. The number of nitrogens with one attached hydrogen (secondary N) is 1. The first kappa shape index (κ1) is 10.6. The molecule has 1 aromatic rings. The molecule has 0 bridgehead atoms. The second kappa shape index (κ2) is 3.91. The van der Waals surface area contributed by atoms with Gasteiger partial charge in [-0.15, -0.1) is 0 Å². The summed E-state index contributed by atoms with van der Waals surface area (Å²) < 4.78 is 5.54. The van der Waals surface area contributed by atoms with Crippen LogP contribution in [0.1, 0.15) is 13.3 Å². The molecule has 0 aliphatic carbocycles. The number of carbonyl (C=O) groups excluding carboxylic acids is 1. The van der Waals surface area contributed by atoms with Crippen molar-refractivity contribution in [1.29, 1.82) is 0 Å². The topological polar surface area (TPSA) is 38.3 Å². The summed E-state index contributed by atoms with van der Waals surface area (Å²) in [4.78, 5) is 11.4. The molecule has 0 spiro atoms. The van der Waals surface area contributed by atoms with Crippen molar-refractivity contribution in [3.05, 3.63) is 22.2 Å². The quantitative estimate of drug-likeness (QED) is 0.763. The van der Waals surface area contributed by atoms with Crippen molar-refractivity contribution < 1.29 is 9.53 Å². The van der Waals surface area contributed by atoms with Crippen LogP contribution in [0.3, 0.4) is 0 Å². The summed E-state index contributed by atoms with van der Waals surface area (Å²) in [5.74, 6) is 0.413. The van der Waals surface area contributed by atoms with Gasteiger partial charge in [-0.2, -0.15) is 0 Å². The maximum Gasteiger partial charge on any atom is 0.228 e. The standard InChI is InChI=1S/C10H9Cl2NO2/c1-5-2-9(14)13-10-7(12)3-6(11)4-8(10)15-5/h3-5H,2H2,1H3,(H,13,14). The molecular weight excluding hydrogens is 237 g/mol. The molecule has 80 valence electrons. The molecule has 0 saturated carbocycles. The van der Waals surface area contributed by atoms with Gasteiger partial charge in [0.05, 0.1) is 11.4 Å². The van der Waals surface area contributed by atoms with E-state index in [1.807, 2.05) is 6.92 Å². The van der Waals surface area contributed by atoms with Gasteiger partial charge in [-0.05, 0) is 13.0 Å². The predicted octanol–water partition coefficient (Wildman–Crippen LogP) is 3.10. The average Bonchev–Trinajstić information content (AvgIpc) is 2.22. The van der Waals surface area contributed by atoms with Gasteiger partial charge in [-0.25, -0.2) is 0 Å². The van der Waals surface area contributed by atoms with Crippen molar-refractivity contribution in [2.45, 2.75) is 19.4 Å². The lowest BCUT2D eigenvalue weighted by Crippen LogP contribution is -2.17. The van der Waals surface area contributed by atoms with Crippen LogP contribution in [-0.4, -0.2) is 12.0 Å². The Labute approximate surface area is 97.3 Å². The number of rotatable bonds is 0. The molecule has 1 heterocycles. The Balaban J connectivity index is 2.50. The number of carbonyl (C=O) groups is 1. The van der Waals surface area contributed by atoms with Crippen molar-refractivity contribution >= 4 is 34.8 Å². The van der Waals surface area contributed by atoms with E-state index in [0.29, 0.717) is 27.9 Å². The Kier molecular flexibility index (Phi) is 2.76. The summed E-state index contributed by atoms with van der Waals surface area (Å²) in [6.07, 6.45) is 0.128. The van der Waals surface area contributed by atoms with Crippen LogP contribution >= 0.6 is 23.2 Å². The maximum atomic E-state index is 11.4. The molecule has 1 atom stereocenters. The largest absolute Gasteiger partial charge is 0.488 e. The van der Waals surface area contributed by atoms with Crippen LogP contribution in [0.4, 0.5) is 5.69 Å². The van der Waals surface area contributed by atoms with Gasteiger partial charge >= 0.3 is 0 Å². The molecule has 1 N–H and O–H groups in total. The van der Waals surface area contributed by atoms with Gasteiger partial charge in [-0.1, -0.05) is 23.2 Å². The third-order valence-electron chi connectivity index (χ3n) is 2.08. The Morgan fingerprint density at radius 3 is 2.93 bits per heavy atom. The highest BCUT2D eigenvalue weighted by Crippen LogP contribution is 2.38. The third-order valence-corrected chi connectivity index (χ3v) is 2.60. The zero-order valence-corrected chi connectivity index (χ0v) is 9.52. The minimum Gasteiger partial charge on any atom is -0.488 e. The molecule has 5 heteroatoms. The number of anilines is 1. The van der Waals surface area contributed by atoms with Crippen LogP contribution in [0.2, 0.25) is 10.0 Å². The first-order valence-electron chi connectivity index (χ1n) is 4.52. The van der Waals surface area contributed by atoms with Crippen LogP contribution < -0.4 is 10.1 Å². The van der Waals surface area contributed by atoms with Gasteiger partial charge in [0, 0.05) is 11.1 Å². The van der Waals surface area contributed by atoms with Gasteiger partial charge in [0.25, 0.3) is 0 Å². The Hall–Kier alpha value is -0.930. The summed E-state index contributed by atoms with van der Waals surface area (Å²) in [6.45, 7) is 1.82. The van der Waals surface area contributed by atoms with Crippen LogP contribution in [0.15, 0.2) is 12.1 Å². The van der Waals surface area contributed by atoms with Crippen molar-refractivity contribution in [3.63, 3.8) is 0 Å². The first-order valence-corrected chi connectivity index (χ1v) is 5.27. The number of hydrogen-bond donors (Lipinski definition) is 1. The van der Waals surface area contributed by atoms with Gasteiger partial charge in [0.2, 0.25) is 5.91 Å². The lowest BCUT2D eigenvalue weighted by Gasteiger charge is -2.12. The zero-order chi connectivity index (χ0) is 11.0. The molecule has 1 aromatic carbocycles. The Morgan fingerprint density at radius 2 is 2.20 bits per heavy atom. The normalized spacial score (nSPS) is 19.9.